The van der Waals surface area contributed by atoms with Gasteiger partial charge in [-0.25, -0.2) is 13.2 Å². The van der Waals surface area contributed by atoms with Gasteiger partial charge in [0.15, 0.2) is 17.5 Å². The van der Waals surface area contributed by atoms with Crippen LogP contribution < -0.4 is 16.2 Å². The van der Waals surface area contributed by atoms with Crippen molar-refractivity contribution < 1.29 is 75.0 Å². The maximum atomic E-state index is 13.5. The fourth-order valence-electron chi connectivity index (χ4n) is 1.72. The van der Waals surface area contributed by atoms with Crippen molar-refractivity contribution in [2.45, 2.75) is 36.0 Å². The lowest BCUT2D eigenvalue weighted by atomic mass is 9.97. The summed E-state index contributed by atoms with van der Waals surface area (Å²) in [6, 6.07) is 0. The number of hydrogen-bond acceptors (Lipinski definition) is 3. The normalized spacial score (nSPS) is 14.7. The molecule has 0 unspecified atom stereocenters. The number of rotatable bonds is 6. The van der Waals surface area contributed by atoms with E-state index < -0.39 is 70.6 Å². The molecule has 1 aromatic carbocycles. The van der Waals surface area contributed by atoms with Gasteiger partial charge in [0.05, 0.1) is 0 Å². The SMILES string of the molecule is Nc1c(F)c(N)c(F)c(OC(F)(F)C(F)(F)C(F)(F)C(F)(F)C(F)(F)C(F)(F)F)c1F. The van der Waals surface area contributed by atoms with Crippen LogP contribution in [0.5, 0.6) is 5.75 Å². The average Bonchev–Trinajstić information content (AvgIpc) is 2.60. The number of anilines is 2. The van der Waals surface area contributed by atoms with Crippen LogP contribution in [0.25, 0.3) is 0 Å². The highest BCUT2D eigenvalue weighted by Crippen LogP contribution is 2.60. The summed E-state index contributed by atoms with van der Waals surface area (Å²) in [7, 11) is 0. The number of nitrogen functional groups attached to an aromatic ring is 2. The van der Waals surface area contributed by atoms with Crippen molar-refractivity contribution in [2.75, 3.05) is 11.5 Å². The van der Waals surface area contributed by atoms with E-state index in [0.29, 0.717) is 0 Å². The van der Waals surface area contributed by atoms with E-state index in [1.807, 2.05) is 0 Å². The zero-order valence-corrected chi connectivity index (χ0v) is 13.6. The molecule has 0 radical (unpaired) electrons. The summed E-state index contributed by atoms with van der Waals surface area (Å²) in [5.41, 5.74) is 5.01. The minimum absolute atomic E-state index is 2.03. The third-order valence-electron chi connectivity index (χ3n) is 3.48. The van der Waals surface area contributed by atoms with Crippen LogP contribution in [-0.2, 0) is 0 Å². The van der Waals surface area contributed by atoms with Crippen molar-refractivity contribution in [1.29, 1.82) is 0 Å². The lowest BCUT2D eigenvalue weighted by molar-refractivity contribution is -0.457. The summed E-state index contributed by atoms with van der Waals surface area (Å²) in [6.45, 7) is 0. The molecule has 0 aromatic heterocycles. The van der Waals surface area contributed by atoms with Gasteiger partial charge in [0.2, 0.25) is 5.75 Å². The highest BCUT2D eigenvalue weighted by Gasteiger charge is 2.91. The van der Waals surface area contributed by atoms with E-state index in [1.165, 1.54) is 0 Å². The van der Waals surface area contributed by atoms with Crippen molar-refractivity contribution in [3.05, 3.63) is 17.5 Å². The molecule has 0 amide bonds. The average molecular weight is 496 g/mol. The zero-order valence-electron chi connectivity index (χ0n) is 13.6. The Hall–Kier alpha value is -2.50. The molecule has 31 heavy (non-hydrogen) atoms. The van der Waals surface area contributed by atoms with Crippen LogP contribution in [0.3, 0.4) is 0 Å². The van der Waals surface area contributed by atoms with Crippen molar-refractivity contribution in [1.82, 2.24) is 0 Å². The molecule has 0 saturated heterocycles. The molecule has 0 spiro atoms. The number of nitrogens with two attached hydrogens (primary N) is 2. The van der Waals surface area contributed by atoms with Crippen LogP contribution in [0, 0.1) is 17.5 Å². The van der Waals surface area contributed by atoms with E-state index >= 15 is 0 Å². The maximum Gasteiger partial charge on any atom is 0.471 e. The summed E-state index contributed by atoms with van der Waals surface area (Å²) in [6.07, 6.45) is -15.0. The zero-order chi connectivity index (χ0) is 25.2. The summed E-state index contributed by atoms with van der Waals surface area (Å²) in [4.78, 5) is 0. The number of ether oxygens (including phenoxy) is 1. The van der Waals surface area contributed by atoms with Crippen LogP contribution in [0.2, 0.25) is 0 Å². The van der Waals surface area contributed by atoms with Gasteiger partial charge in [0.25, 0.3) is 0 Å². The second-order valence-electron chi connectivity index (χ2n) is 5.51. The lowest BCUT2D eigenvalue weighted by Crippen LogP contribution is -2.70. The van der Waals surface area contributed by atoms with E-state index in [0.717, 1.165) is 0 Å². The predicted octanol–water partition coefficient (Wildman–Crippen LogP) is 5.34. The van der Waals surface area contributed by atoms with Gasteiger partial charge in [-0.1, -0.05) is 0 Å². The Morgan fingerprint density at radius 3 is 1.13 bits per heavy atom. The van der Waals surface area contributed by atoms with E-state index in [4.69, 9.17) is 0 Å². The predicted molar refractivity (Wildman–Crippen MR) is 66.6 cm³/mol. The van der Waals surface area contributed by atoms with Crippen LogP contribution in [-0.4, -0.2) is 36.0 Å². The molecule has 0 atom stereocenters. The number of benzene rings is 1. The summed E-state index contributed by atoms with van der Waals surface area (Å²) >= 11 is 0. The minimum atomic E-state index is -8.27. The second-order valence-corrected chi connectivity index (χ2v) is 5.51. The molecule has 0 saturated carbocycles. The molecule has 0 heterocycles. The van der Waals surface area contributed by atoms with Crippen molar-refractivity contribution in [2.24, 2.45) is 0 Å². The van der Waals surface area contributed by atoms with Gasteiger partial charge in [-0.3, -0.25) is 0 Å². The summed E-state index contributed by atoms with van der Waals surface area (Å²) in [5.74, 6) is -43.5. The van der Waals surface area contributed by atoms with Crippen molar-refractivity contribution >= 4 is 11.4 Å². The molecule has 1 rings (SSSR count). The number of alkyl halides is 13. The van der Waals surface area contributed by atoms with Crippen LogP contribution in [0.15, 0.2) is 0 Å². The molecular weight excluding hydrogens is 492 g/mol. The fourth-order valence-corrected chi connectivity index (χ4v) is 1.72. The quantitative estimate of drug-likeness (QED) is 0.413. The Bertz CT molecular complexity index is 832. The monoisotopic (exact) mass is 496 g/mol. The molecule has 0 fully saturated rings. The maximum absolute atomic E-state index is 13.5. The Morgan fingerprint density at radius 1 is 0.484 bits per heavy atom. The Morgan fingerprint density at radius 2 is 0.806 bits per heavy atom. The summed E-state index contributed by atoms with van der Waals surface area (Å²) in [5, 5.41) is 0. The van der Waals surface area contributed by atoms with Gasteiger partial charge in [-0.05, 0) is 0 Å². The number of halogens is 16. The van der Waals surface area contributed by atoms with Gasteiger partial charge in [-0.2, -0.15) is 57.1 Å². The molecule has 0 aliphatic heterocycles. The highest BCUT2D eigenvalue weighted by molar-refractivity contribution is 5.61. The number of hydrogen-bond donors (Lipinski definition) is 2. The van der Waals surface area contributed by atoms with E-state index in [9.17, 15) is 70.2 Å². The first-order valence-corrected chi connectivity index (χ1v) is 6.76. The minimum Gasteiger partial charge on any atom is -0.421 e. The molecular formula is C12H4F16N2O. The second kappa shape index (κ2) is 7.01. The Kier molecular flexibility index (Phi) is 6.00. The van der Waals surface area contributed by atoms with Crippen LogP contribution in [0.4, 0.5) is 81.6 Å². The van der Waals surface area contributed by atoms with Gasteiger partial charge >= 0.3 is 36.0 Å². The van der Waals surface area contributed by atoms with E-state index in [-0.39, 0.29) is 0 Å². The molecule has 0 bridgehead atoms. The molecule has 0 aliphatic rings. The third kappa shape index (κ3) is 3.50. The van der Waals surface area contributed by atoms with Crippen LogP contribution in [0.1, 0.15) is 0 Å². The van der Waals surface area contributed by atoms with Crippen LogP contribution >= 0.6 is 0 Å². The lowest BCUT2D eigenvalue weighted by Gasteiger charge is -2.39. The molecule has 180 valence electrons. The largest absolute Gasteiger partial charge is 0.471 e. The topological polar surface area (TPSA) is 61.3 Å². The van der Waals surface area contributed by atoms with Crippen molar-refractivity contribution in [3.63, 3.8) is 0 Å². The van der Waals surface area contributed by atoms with Gasteiger partial charge in [-0.15, -0.1) is 0 Å². The first-order chi connectivity index (χ1) is 13.4. The smallest absolute Gasteiger partial charge is 0.421 e. The first-order valence-electron chi connectivity index (χ1n) is 6.76. The molecule has 1 aromatic rings. The van der Waals surface area contributed by atoms with Gasteiger partial charge < -0.3 is 16.2 Å². The van der Waals surface area contributed by atoms with Gasteiger partial charge in [0, 0.05) is 0 Å². The third-order valence-corrected chi connectivity index (χ3v) is 3.48. The summed E-state index contributed by atoms with van der Waals surface area (Å²) < 4.78 is 210. The molecule has 0 aliphatic carbocycles. The van der Waals surface area contributed by atoms with E-state index in [1.54, 1.807) is 0 Å². The van der Waals surface area contributed by atoms with E-state index in [2.05, 4.69) is 16.2 Å². The Labute approximate surface area is 158 Å². The van der Waals surface area contributed by atoms with Crippen molar-refractivity contribution in [3.8, 4) is 5.75 Å². The molecule has 19 heteroatoms. The highest BCUT2D eigenvalue weighted by atomic mass is 19.4. The molecule has 4 N–H and O–H groups in total. The standard InChI is InChI=1S/C12H4F16N2O/c13-1-4(29)2(14)6(3(15)5(1)30)31-12(27,28)10(22,23)8(18,19)7(16,17)9(20,21)11(24,25)26/h29-30H2. The Balaban J connectivity index is 3.63. The fraction of sp³-hybridized carbons (Fsp3) is 0.500. The molecule has 3 nitrogen and oxygen atoms in total. The first kappa shape index (κ1) is 26.5. The van der Waals surface area contributed by atoms with Gasteiger partial charge in [0.1, 0.15) is 11.4 Å².